The highest BCUT2D eigenvalue weighted by molar-refractivity contribution is 7.33. The molecule has 0 bridgehead atoms. The van der Waals surface area contributed by atoms with Gasteiger partial charge in [0.25, 0.3) is 0 Å². The summed E-state index contributed by atoms with van der Waals surface area (Å²) in [4.78, 5) is 0. The van der Waals surface area contributed by atoms with Crippen molar-refractivity contribution in [3.05, 3.63) is 0 Å². The summed E-state index contributed by atoms with van der Waals surface area (Å²) < 4.78 is 19.2. The standard InChI is InChI=1S/C6H16NO3P/c1-2-3-4-5-6-9-11(8)10-7/h11H,2-7H2,1H3. The molecule has 0 aromatic carbocycles. The molecule has 0 saturated heterocycles. The van der Waals surface area contributed by atoms with Gasteiger partial charge in [0.05, 0.1) is 6.61 Å². The average molecular weight is 181 g/mol. The second-order valence-electron chi connectivity index (χ2n) is 2.28. The van der Waals surface area contributed by atoms with Crippen molar-refractivity contribution in [1.82, 2.24) is 0 Å². The van der Waals surface area contributed by atoms with Crippen LogP contribution < -0.4 is 5.90 Å². The first-order valence-electron chi connectivity index (χ1n) is 3.84. The van der Waals surface area contributed by atoms with Crippen LogP contribution in [0.3, 0.4) is 0 Å². The fraction of sp³-hybridized carbons (Fsp3) is 1.00. The normalized spacial score (nSPS) is 13.3. The van der Waals surface area contributed by atoms with E-state index in [0.29, 0.717) is 6.61 Å². The molecular formula is C6H16NO3P. The highest BCUT2D eigenvalue weighted by Gasteiger charge is 1.95. The second-order valence-corrected chi connectivity index (χ2v) is 3.30. The van der Waals surface area contributed by atoms with Gasteiger partial charge in [-0.3, -0.25) is 4.57 Å². The van der Waals surface area contributed by atoms with E-state index in [1.807, 2.05) is 0 Å². The maximum absolute atomic E-state index is 10.5. The van der Waals surface area contributed by atoms with Crippen LogP contribution in [0.1, 0.15) is 32.6 Å². The monoisotopic (exact) mass is 181 g/mol. The summed E-state index contributed by atoms with van der Waals surface area (Å²) in [6, 6.07) is 0. The fourth-order valence-electron chi connectivity index (χ4n) is 0.718. The van der Waals surface area contributed by atoms with Crippen LogP contribution in [-0.2, 0) is 13.7 Å². The van der Waals surface area contributed by atoms with E-state index in [1.165, 1.54) is 12.8 Å². The number of unbranched alkanes of at least 4 members (excludes halogenated alkanes) is 3. The van der Waals surface area contributed by atoms with Gasteiger partial charge in [0.1, 0.15) is 0 Å². The van der Waals surface area contributed by atoms with Crippen molar-refractivity contribution < 1.29 is 13.7 Å². The average Bonchev–Trinajstić information content (AvgIpc) is 2.04. The topological polar surface area (TPSA) is 61.5 Å². The summed E-state index contributed by atoms with van der Waals surface area (Å²) in [6.45, 7) is 2.61. The molecule has 0 amide bonds. The van der Waals surface area contributed by atoms with E-state index in [9.17, 15) is 4.57 Å². The van der Waals surface area contributed by atoms with Crippen LogP contribution in [0.2, 0.25) is 0 Å². The Bertz CT molecular complexity index is 110. The third-order valence-electron chi connectivity index (χ3n) is 1.31. The van der Waals surface area contributed by atoms with E-state index >= 15 is 0 Å². The van der Waals surface area contributed by atoms with Crippen LogP contribution in [0.15, 0.2) is 0 Å². The van der Waals surface area contributed by atoms with Gasteiger partial charge >= 0.3 is 8.25 Å². The van der Waals surface area contributed by atoms with E-state index in [2.05, 4.69) is 17.4 Å². The van der Waals surface area contributed by atoms with Crippen LogP contribution >= 0.6 is 8.25 Å². The molecule has 2 N–H and O–H groups in total. The van der Waals surface area contributed by atoms with Gasteiger partial charge in [-0.15, -0.1) is 0 Å². The molecule has 1 unspecified atom stereocenters. The van der Waals surface area contributed by atoms with E-state index in [0.717, 1.165) is 12.8 Å². The lowest BCUT2D eigenvalue weighted by Crippen LogP contribution is -1.93. The molecule has 0 aliphatic heterocycles. The van der Waals surface area contributed by atoms with Gasteiger partial charge in [0.15, 0.2) is 0 Å². The Kier molecular flexibility index (Phi) is 8.29. The van der Waals surface area contributed by atoms with Crippen molar-refractivity contribution in [2.45, 2.75) is 32.6 Å². The quantitative estimate of drug-likeness (QED) is 0.370. The molecule has 1 atom stereocenters. The summed E-state index contributed by atoms with van der Waals surface area (Å²) in [5.74, 6) is 4.62. The zero-order valence-corrected chi connectivity index (χ0v) is 7.84. The van der Waals surface area contributed by atoms with E-state index in [4.69, 9.17) is 4.52 Å². The number of rotatable bonds is 7. The highest BCUT2D eigenvalue weighted by Crippen LogP contribution is 2.20. The molecule has 0 saturated carbocycles. The van der Waals surface area contributed by atoms with Crippen molar-refractivity contribution in [2.75, 3.05) is 6.61 Å². The van der Waals surface area contributed by atoms with Crippen LogP contribution in [0.5, 0.6) is 0 Å². The lowest BCUT2D eigenvalue weighted by Gasteiger charge is -2.00. The summed E-state index contributed by atoms with van der Waals surface area (Å²) in [5, 5.41) is 0. The first kappa shape index (κ1) is 11.1. The van der Waals surface area contributed by atoms with E-state index in [-0.39, 0.29) is 0 Å². The van der Waals surface area contributed by atoms with Crippen LogP contribution in [0.25, 0.3) is 0 Å². The Morgan fingerprint density at radius 1 is 1.36 bits per heavy atom. The lowest BCUT2D eigenvalue weighted by molar-refractivity contribution is 0.226. The van der Waals surface area contributed by atoms with Gasteiger partial charge in [0, 0.05) is 0 Å². The molecule has 0 fully saturated rings. The third kappa shape index (κ3) is 8.01. The molecule has 5 heteroatoms. The van der Waals surface area contributed by atoms with Gasteiger partial charge in [-0.05, 0) is 6.42 Å². The van der Waals surface area contributed by atoms with Gasteiger partial charge < -0.3 is 4.52 Å². The molecule has 68 valence electrons. The molecule has 4 nitrogen and oxygen atoms in total. The third-order valence-corrected chi connectivity index (χ3v) is 1.95. The first-order valence-corrected chi connectivity index (χ1v) is 5.07. The minimum absolute atomic E-state index is 0.481. The Hall–Kier alpha value is 0.110. The summed E-state index contributed by atoms with van der Waals surface area (Å²) in [7, 11) is -2.39. The van der Waals surface area contributed by atoms with Gasteiger partial charge in [-0.1, -0.05) is 26.2 Å². The maximum Gasteiger partial charge on any atom is 0.335 e. The SMILES string of the molecule is CCCCCCO[PH](=O)ON. The Balaban J connectivity index is 2.95. The molecule has 0 aliphatic rings. The highest BCUT2D eigenvalue weighted by atomic mass is 31.1. The second kappa shape index (κ2) is 8.21. The molecular weight excluding hydrogens is 165 g/mol. The van der Waals surface area contributed by atoms with Crippen molar-refractivity contribution in [3.8, 4) is 0 Å². The number of hydrogen-bond acceptors (Lipinski definition) is 4. The summed E-state index contributed by atoms with van der Waals surface area (Å²) in [6.07, 6.45) is 4.40. The van der Waals surface area contributed by atoms with Crippen molar-refractivity contribution in [1.29, 1.82) is 0 Å². The van der Waals surface area contributed by atoms with Crippen LogP contribution in [-0.4, -0.2) is 6.61 Å². The zero-order valence-electron chi connectivity index (χ0n) is 6.84. The number of nitrogens with two attached hydrogens (primary N) is 1. The fourth-order valence-corrected chi connectivity index (χ4v) is 1.10. The zero-order chi connectivity index (χ0) is 8.53. The van der Waals surface area contributed by atoms with Crippen LogP contribution in [0, 0.1) is 0 Å². The molecule has 0 spiro atoms. The maximum atomic E-state index is 10.5. The van der Waals surface area contributed by atoms with Crippen molar-refractivity contribution >= 4 is 8.25 Å². The van der Waals surface area contributed by atoms with Gasteiger partial charge in [-0.25, -0.2) is 10.5 Å². The lowest BCUT2D eigenvalue weighted by atomic mass is 10.2. The van der Waals surface area contributed by atoms with Crippen molar-refractivity contribution in [3.63, 3.8) is 0 Å². The predicted octanol–water partition coefficient (Wildman–Crippen LogP) is 1.86. The molecule has 0 aromatic heterocycles. The molecule has 0 aliphatic carbocycles. The molecule has 0 rings (SSSR count). The first-order chi connectivity index (χ1) is 5.31. The molecule has 0 heterocycles. The summed E-state index contributed by atoms with van der Waals surface area (Å²) >= 11 is 0. The minimum atomic E-state index is -2.39. The van der Waals surface area contributed by atoms with E-state index < -0.39 is 8.25 Å². The number of hydrogen-bond donors (Lipinski definition) is 1. The Labute approximate surface area is 68.0 Å². The minimum Gasteiger partial charge on any atom is -0.310 e. The smallest absolute Gasteiger partial charge is 0.310 e. The van der Waals surface area contributed by atoms with E-state index in [1.54, 1.807) is 0 Å². The largest absolute Gasteiger partial charge is 0.335 e. The molecule has 0 radical (unpaired) electrons. The van der Waals surface area contributed by atoms with Gasteiger partial charge in [0.2, 0.25) is 0 Å². The van der Waals surface area contributed by atoms with Crippen molar-refractivity contribution in [2.24, 2.45) is 5.90 Å². The molecule has 0 aromatic rings. The Morgan fingerprint density at radius 2 is 2.09 bits per heavy atom. The predicted molar refractivity (Wildman–Crippen MR) is 44.4 cm³/mol. The summed E-state index contributed by atoms with van der Waals surface area (Å²) in [5.41, 5.74) is 0. The molecule has 11 heavy (non-hydrogen) atoms. The van der Waals surface area contributed by atoms with Gasteiger partial charge in [-0.2, -0.15) is 0 Å². The van der Waals surface area contributed by atoms with Crippen LogP contribution in [0.4, 0.5) is 0 Å². The Morgan fingerprint density at radius 3 is 2.64 bits per heavy atom.